The number of carbonyl (C=O) groups is 2. The predicted molar refractivity (Wildman–Crippen MR) is 86.6 cm³/mol. The average molecular weight is 304 g/mol. The summed E-state index contributed by atoms with van der Waals surface area (Å²) in [5.74, 6) is -1.04. The maximum atomic E-state index is 12.2. The van der Waals surface area contributed by atoms with Crippen molar-refractivity contribution in [2.75, 3.05) is 44.6 Å². The molecule has 1 aliphatic heterocycles. The van der Waals surface area contributed by atoms with E-state index in [0.717, 1.165) is 30.8 Å². The van der Waals surface area contributed by atoms with Crippen LogP contribution in [0.15, 0.2) is 18.2 Å². The molecule has 0 radical (unpaired) electrons. The van der Waals surface area contributed by atoms with Crippen molar-refractivity contribution in [2.24, 2.45) is 5.73 Å². The molecule has 6 nitrogen and oxygen atoms in total. The number of anilines is 1. The molecule has 0 aliphatic carbocycles. The highest BCUT2D eigenvalue weighted by atomic mass is 16.2. The largest absolute Gasteiger partial charge is 0.332 e. The Kier molecular flexibility index (Phi) is 5.51. The molecule has 1 aromatic rings. The van der Waals surface area contributed by atoms with Gasteiger partial charge in [0.05, 0.1) is 0 Å². The number of nitrogens with one attached hydrogen (secondary N) is 1. The molecule has 1 saturated heterocycles. The fraction of sp³-hybridized carbons (Fsp3) is 0.500. The highest BCUT2D eigenvalue weighted by Crippen LogP contribution is 2.16. The van der Waals surface area contributed by atoms with Crippen LogP contribution in [0.4, 0.5) is 5.69 Å². The van der Waals surface area contributed by atoms with Crippen LogP contribution >= 0.6 is 0 Å². The van der Waals surface area contributed by atoms with Crippen molar-refractivity contribution in [3.63, 3.8) is 0 Å². The van der Waals surface area contributed by atoms with Crippen molar-refractivity contribution in [1.82, 2.24) is 9.80 Å². The van der Waals surface area contributed by atoms with Gasteiger partial charge in [-0.25, -0.2) is 0 Å². The molecule has 2 rings (SSSR count). The number of carbonyl (C=O) groups excluding carboxylic acids is 2. The van der Waals surface area contributed by atoms with Gasteiger partial charge in [-0.2, -0.15) is 0 Å². The fourth-order valence-electron chi connectivity index (χ4n) is 2.63. The minimum Gasteiger partial charge on any atom is -0.332 e. The number of piperazine rings is 1. The Hall–Kier alpha value is -1.92. The molecule has 3 N–H and O–H groups in total. The van der Waals surface area contributed by atoms with Crippen LogP contribution in [0, 0.1) is 13.8 Å². The van der Waals surface area contributed by atoms with E-state index in [4.69, 9.17) is 5.73 Å². The summed E-state index contributed by atoms with van der Waals surface area (Å²) in [5.41, 5.74) is 8.29. The molecule has 0 spiro atoms. The first-order valence-corrected chi connectivity index (χ1v) is 7.61. The lowest BCUT2D eigenvalue weighted by molar-refractivity contribution is -0.144. The summed E-state index contributed by atoms with van der Waals surface area (Å²) in [7, 11) is 0. The molecule has 1 heterocycles. The van der Waals surface area contributed by atoms with E-state index in [9.17, 15) is 9.59 Å². The van der Waals surface area contributed by atoms with Crippen molar-refractivity contribution in [3.05, 3.63) is 29.3 Å². The number of amides is 2. The fourth-order valence-corrected chi connectivity index (χ4v) is 2.63. The van der Waals surface area contributed by atoms with Crippen LogP contribution in [0.2, 0.25) is 0 Å². The van der Waals surface area contributed by atoms with E-state index in [2.05, 4.69) is 10.2 Å². The third-order valence-electron chi connectivity index (χ3n) is 3.93. The van der Waals surface area contributed by atoms with Crippen LogP contribution in [0.5, 0.6) is 0 Å². The average Bonchev–Trinajstić information content (AvgIpc) is 2.50. The van der Waals surface area contributed by atoms with Crippen LogP contribution in [0.25, 0.3) is 0 Å². The molecule has 2 amide bonds. The van der Waals surface area contributed by atoms with Crippen molar-refractivity contribution < 1.29 is 9.59 Å². The first-order chi connectivity index (χ1) is 10.5. The number of hydrogen-bond donors (Lipinski definition) is 2. The monoisotopic (exact) mass is 304 g/mol. The van der Waals surface area contributed by atoms with Crippen LogP contribution < -0.4 is 11.1 Å². The first-order valence-electron chi connectivity index (χ1n) is 7.61. The zero-order chi connectivity index (χ0) is 16.1. The molecular weight excluding hydrogens is 280 g/mol. The van der Waals surface area contributed by atoms with E-state index >= 15 is 0 Å². The normalized spacial score (nSPS) is 15.7. The first kappa shape index (κ1) is 16.5. The lowest BCUT2D eigenvalue weighted by atomic mass is 10.1. The molecule has 0 unspecified atom stereocenters. The third-order valence-corrected chi connectivity index (χ3v) is 3.93. The summed E-state index contributed by atoms with van der Waals surface area (Å²) >= 11 is 0. The Bertz CT molecular complexity index is 551. The van der Waals surface area contributed by atoms with Gasteiger partial charge in [-0.3, -0.25) is 14.5 Å². The van der Waals surface area contributed by atoms with Gasteiger partial charge in [0.15, 0.2) is 0 Å². The quantitative estimate of drug-likeness (QED) is 0.790. The number of aryl methyl sites for hydroxylation is 2. The van der Waals surface area contributed by atoms with E-state index in [1.165, 1.54) is 0 Å². The summed E-state index contributed by atoms with van der Waals surface area (Å²) in [6, 6.07) is 5.72. The lowest BCUT2D eigenvalue weighted by Crippen LogP contribution is -2.52. The number of rotatable bonds is 3. The summed E-state index contributed by atoms with van der Waals surface area (Å²) in [6.45, 7) is 8.01. The molecule has 6 heteroatoms. The molecule has 120 valence electrons. The highest BCUT2D eigenvalue weighted by molar-refractivity contribution is 6.39. The molecule has 22 heavy (non-hydrogen) atoms. The Morgan fingerprint density at radius 3 is 2.45 bits per heavy atom. The van der Waals surface area contributed by atoms with E-state index in [1.54, 1.807) is 4.90 Å². The smallest absolute Gasteiger partial charge is 0.313 e. The Labute approximate surface area is 131 Å². The van der Waals surface area contributed by atoms with Crippen molar-refractivity contribution in [2.45, 2.75) is 13.8 Å². The second kappa shape index (κ2) is 7.38. The van der Waals surface area contributed by atoms with Gasteiger partial charge in [0.2, 0.25) is 0 Å². The molecule has 0 atom stereocenters. The third kappa shape index (κ3) is 4.05. The second-order valence-electron chi connectivity index (χ2n) is 5.70. The second-order valence-corrected chi connectivity index (χ2v) is 5.70. The molecule has 0 saturated carbocycles. The van der Waals surface area contributed by atoms with Gasteiger partial charge in [0, 0.05) is 45.0 Å². The van der Waals surface area contributed by atoms with E-state index < -0.39 is 11.8 Å². The lowest BCUT2D eigenvalue weighted by Gasteiger charge is -2.34. The van der Waals surface area contributed by atoms with E-state index in [-0.39, 0.29) is 0 Å². The van der Waals surface area contributed by atoms with Gasteiger partial charge in [0.25, 0.3) is 0 Å². The number of hydrogen-bond acceptors (Lipinski definition) is 4. The molecule has 1 aromatic carbocycles. The van der Waals surface area contributed by atoms with Crippen LogP contribution in [-0.4, -0.2) is 60.9 Å². The number of benzene rings is 1. The molecular formula is C16H24N4O2. The van der Waals surface area contributed by atoms with Gasteiger partial charge in [-0.15, -0.1) is 0 Å². The van der Waals surface area contributed by atoms with Gasteiger partial charge in [-0.05, 0) is 25.5 Å². The molecule has 1 fully saturated rings. The number of nitrogens with zero attached hydrogens (tertiary/aromatic N) is 2. The van der Waals surface area contributed by atoms with Crippen molar-refractivity contribution in [3.8, 4) is 0 Å². The zero-order valence-corrected chi connectivity index (χ0v) is 13.3. The summed E-state index contributed by atoms with van der Waals surface area (Å²) in [4.78, 5) is 28.1. The predicted octanol–water partition coefficient (Wildman–Crippen LogP) is 0.345. The summed E-state index contributed by atoms with van der Waals surface area (Å²) in [5, 5.41) is 2.71. The standard InChI is InChI=1S/C16H24N4O2/c1-12-3-4-14(13(2)11-12)18-15(21)16(22)20-9-7-19(6-5-17)8-10-20/h3-4,11H,5-10,17H2,1-2H3,(H,18,21). The SMILES string of the molecule is Cc1ccc(NC(=O)C(=O)N2CCN(CCN)CC2)c(C)c1. The van der Waals surface area contributed by atoms with Crippen LogP contribution in [0.3, 0.4) is 0 Å². The highest BCUT2D eigenvalue weighted by Gasteiger charge is 2.25. The van der Waals surface area contributed by atoms with Crippen molar-refractivity contribution in [1.29, 1.82) is 0 Å². The zero-order valence-electron chi connectivity index (χ0n) is 13.3. The summed E-state index contributed by atoms with van der Waals surface area (Å²) < 4.78 is 0. The Morgan fingerprint density at radius 1 is 1.18 bits per heavy atom. The molecule has 1 aliphatic rings. The van der Waals surface area contributed by atoms with Gasteiger partial charge >= 0.3 is 11.8 Å². The van der Waals surface area contributed by atoms with Crippen molar-refractivity contribution >= 4 is 17.5 Å². The van der Waals surface area contributed by atoms with Gasteiger partial charge < -0.3 is 16.0 Å². The maximum absolute atomic E-state index is 12.2. The molecule has 0 aromatic heterocycles. The minimum absolute atomic E-state index is 0.465. The van der Waals surface area contributed by atoms with Gasteiger partial charge in [-0.1, -0.05) is 17.7 Å². The minimum atomic E-state index is -0.570. The maximum Gasteiger partial charge on any atom is 0.313 e. The van der Waals surface area contributed by atoms with E-state index in [0.29, 0.717) is 25.3 Å². The Balaban J connectivity index is 1.91. The summed E-state index contributed by atoms with van der Waals surface area (Å²) in [6.07, 6.45) is 0. The molecule has 0 bridgehead atoms. The van der Waals surface area contributed by atoms with Crippen LogP contribution in [0.1, 0.15) is 11.1 Å². The Morgan fingerprint density at radius 2 is 1.86 bits per heavy atom. The topological polar surface area (TPSA) is 78.7 Å². The van der Waals surface area contributed by atoms with Crippen LogP contribution in [-0.2, 0) is 9.59 Å². The van der Waals surface area contributed by atoms with Gasteiger partial charge in [0.1, 0.15) is 0 Å². The number of nitrogens with two attached hydrogens (primary N) is 1. The van der Waals surface area contributed by atoms with E-state index in [1.807, 2.05) is 32.0 Å².